The fraction of sp³-hybridized carbons (Fsp3) is 0.500. The molecule has 0 N–H and O–H groups in total. The van der Waals surface area contributed by atoms with Crippen molar-refractivity contribution < 1.29 is 4.79 Å². The lowest BCUT2D eigenvalue weighted by Gasteiger charge is -2.23. The molecule has 3 nitrogen and oxygen atoms in total. The highest BCUT2D eigenvalue weighted by Crippen LogP contribution is 2.31. The normalized spacial score (nSPS) is 20.7. The first-order valence-electron chi connectivity index (χ1n) is 5.38. The van der Waals surface area contributed by atoms with Crippen molar-refractivity contribution >= 4 is 5.91 Å². The lowest BCUT2D eigenvalue weighted by Crippen LogP contribution is -2.28. The molecule has 2 heterocycles. The Labute approximate surface area is 90.1 Å². The molecule has 1 amide bonds. The molecule has 1 aromatic heterocycles. The summed E-state index contributed by atoms with van der Waals surface area (Å²) in [7, 11) is 0. The van der Waals surface area contributed by atoms with Crippen molar-refractivity contribution in [2.24, 2.45) is 0 Å². The fourth-order valence-electron chi connectivity index (χ4n) is 2.17. The van der Waals surface area contributed by atoms with E-state index < -0.39 is 0 Å². The Morgan fingerprint density at radius 1 is 1.53 bits per heavy atom. The highest BCUT2D eigenvalue weighted by molar-refractivity contribution is 5.74. The van der Waals surface area contributed by atoms with Crippen LogP contribution >= 0.6 is 0 Å². The van der Waals surface area contributed by atoms with E-state index in [4.69, 9.17) is 0 Å². The molecule has 1 atom stereocenters. The first kappa shape index (κ1) is 10.1. The van der Waals surface area contributed by atoms with Crippen LogP contribution in [0.2, 0.25) is 0 Å². The molecule has 3 heteroatoms. The lowest BCUT2D eigenvalue weighted by atomic mass is 10.1. The summed E-state index contributed by atoms with van der Waals surface area (Å²) in [4.78, 5) is 17.6. The van der Waals surface area contributed by atoms with Crippen LogP contribution in [0.3, 0.4) is 0 Å². The average molecular weight is 204 g/mol. The summed E-state index contributed by atoms with van der Waals surface area (Å²) < 4.78 is 0. The van der Waals surface area contributed by atoms with Crippen molar-refractivity contribution in [3.8, 4) is 0 Å². The van der Waals surface area contributed by atoms with E-state index in [-0.39, 0.29) is 11.9 Å². The number of likely N-dealkylation sites (tertiary alicyclic amines) is 1. The van der Waals surface area contributed by atoms with Crippen LogP contribution in [0.1, 0.15) is 37.1 Å². The van der Waals surface area contributed by atoms with Crippen LogP contribution in [0.4, 0.5) is 0 Å². The number of carbonyl (C=O) groups is 1. The van der Waals surface area contributed by atoms with Crippen LogP contribution in [0.5, 0.6) is 0 Å². The van der Waals surface area contributed by atoms with E-state index in [1.807, 2.05) is 24.1 Å². The Bertz CT molecular complexity index is 358. The summed E-state index contributed by atoms with van der Waals surface area (Å²) in [5.41, 5.74) is 2.18. The predicted molar refractivity (Wildman–Crippen MR) is 58.3 cm³/mol. The Kier molecular flexibility index (Phi) is 2.71. The maximum absolute atomic E-state index is 11.4. The second-order valence-corrected chi connectivity index (χ2v) is 4.10. The second-order valence-electron chi connectivity index (χ2n) is 4.10. The number of nitrogens with zero attached hydrogens (tertiary/aromatic N) is 2. The summed E-state index contributed by atoms with van der Waals surface area (Å²) >= 11 is 0. The van der Waals surface area contributed by atoms with Crippen LogP contribution < -0.4 is 0 Å². The molecule has 1 aliphatic rings. The van der Waals surface area contributed by atoms with Crippen LogP contribution in [0.25, 0.3) is 0 Å². The van der Waals surface area contributed by atoms with Gasteiger partial charge in [0.1, 0.15) is 0 Å². The third-order valence-electron chi connectivity index (χ3n) is 2.98. The maximum atomic E-state index is 11.4. The molecule has 1 saturated heterocycles. The third-order valence-corrected chi connectivity index (χ3v) is 2.98. The van der Waals surface area contributed by atoms with Gasteiger partial charge in [0.2, 0.25) is 5.91 Å². The number of carbonyl (C=O) groups excluding carboxylic acids is 1. The summed E-state index contributed by atoms with van der Waals surface area (Å²) in [6.07, 6.45) is 4.05. The predicted octanol–water partition coefficient (Wildman–Crippen LogP) is 2.07. The van der Waals surface area contributed by atoms with Gasteiger partial charge in [-0.15, -0.1) is 0 Å². The van der Waals surface area contributed by atoms with Gasteiger partial charge in [0.25, 0.3) is 0 Å². The molecule has 0 bridgehead atoms. The molecule has 0 unspecified atom stereocenters. The van der Waals surface area contributed by atoms with Gasteiger partial charge in [0.15, 0.2) is 0 Å². The molecular formula is C12H16N2O. The maximum Gasteiger partial charge on any atom is 0.219 e. The zero-order chi connectivity index (χ0) is 10.8. The van der Waals surface area contributed by atoms with Gasteiger partial charge in [0, 0.05) is 25.4 Å². The van der Waals surface area contributed by atoms with E-state index in [1.165, 1.54) is 0 Å². The molecular weight excluding hydrogens is 188 g/mol. The number of hydrogen-bond acceptors (Lipinski definition) is 2. The summed E-state index contributed by atoms with van der Waals surface area (Å²) in [5, 5.41) is 0. The van der Waals surface area contributed by atoms with Crippen molar-refractivity contribution in [1.82, 2.24) is 9.88 Å². The Morgan fingerprint density at radius 2 is 2.33 bits per heavy atom. The molecule has 2 rings (SSSR count). The molecule has 1 fully saturated rings. The minimum atomic E-state index is 0.165. The Morgan fingerprint density at radius 3 is 2.93 bits per heavy atom. The SMILES string of the molecule is CC(=O)N1CCC[C@H]1c1ccc(C)nc1. The highest BCUT2D eigenvalue weighted by Gasteiger charge is 2.27. The van der Waals surface area contributed by atoms with Crippen molar-refractivity contribution in [3.63, 3.8) is 0 Å². The molecule has 1 aromatic rings. The van der Waals surface area contributed by atoms with E-state index in [0.29, 0.717) is 0 Å². The van der Waals surface area contributed by atoms with Gasteiger partial charge in [0.05, 0.1) is 6.04 Å². The van der Waals surface area contributed by atoms with Crippen LogP contribution in [-0.2, 0) is 4.79 Å². The van der Waals surface area contributed by atoms with E-state index in [0.717, 1.165) is 30.6 Å². The molecule has 80 valence electrons. The molecule has 0 radical (unpaired) electrons. The van der Waals surface area contributed by atoms with Gasteiger partial charge >= 0.3 is 0 Å². The first-order valence-corrected chi connectivity index (χ1v) is 5.38. The van der Waals surface area contributed by atoms with Gasteiger partial charge in [-0.1, -0.05) is 6.07 Å². The quantitative estimate of drug-likeness (QED) is 0.701. The lowest BCUT2D eigenvalue weighted by molar-refractivity contribution is -0.129. The minimum Gasteiger partial charge on any atom is -0.336 e. The van der Waals surface area contributed by atoms with Crippen LogP contribution in [0.15, 0.2) is 18.3 Å². The number of amides is 1. The summed E-state index contributed by atoms with van der Waals surface area (Å²) in [5.74, 6) is 0.165. The second kappa shape index (κ2) is 4.01. The molecule has 0 saturated carbocycles. The molecule has 0 aromatic carbocycles. The van der Waals surface area contributed by atoms with Crippen molar-refractivity contribution in [2.75, 3.05) is 6.54 Å². The Balaban J connectivity index is 2.22. The van der Waals surface area contributed by atoms with Crippen molar-refractivity contribution in [2.45, 2.75) is 32.7 Å². The molecule has 1 aliphatic heterocycles. The van der Waals surface area contributed by atoms with Gasteiger partial charge in [-0.05, 0) is 31.4 Å². The standard InChI is InChI=1S/C12H16N2O/c1-9-5-6-11(8-13-9)12-4-3-7-14(12)10(2)15/h5-6,8,12H,3-4,7H2,1-2H3/t12-/m0/s1. The van der Waals surface area contributed by atoms with E-state index in [9.17, 15) is 4.79 Å². The van der Waals surface area contributed by atoms with Crippen LogP contribution in [-0.4, -0.2) is 22.3 Å². The fourth-order valence-corrected chi connectivity index (χ4v) is 2.17. The number of aromatic nitrogens is 1. The highest BCUT2D eigenvalue weighted by atomic mass is 16.2. The van der Waals surface area contributed by atoms with Gasteiger partial charge in [-0.25, -0.2) is 0 Å². The topological polar surface area (TPSA) is 33.2 Å². The van der Waals surface area contributed by atoms with Crippen molar-refractivity contribution in [1.29, 1.82) is 0 Å². The smallest absolute Gasteiger partial charge is 0.219 e. The number of aryl methyl sites for hydroxylation is 1. The zero-order valence-electron chi connectivity index (χ0n) is 9.23. The van der Waals surface area contributed by atoms with E-state index in [2.05, 4.69) is 11.1 Å². The first-order chi connectivity index (χ1) is 7.18. The average Bonchev–Trinajstić information content (AvgIpc) is 2.67. The largest absolute Gasteiger partial charge is 0.336 e. The van der Waals surface area contributed by atoms with E-state index >= 15 is 0 Å². The summed E-state index contributed by atoms with van der Waals surface area (Å²) in [6, 6.07) is 4.33. The molecule has 15 heavy (non-hydrogen) atoms. The molecule has 0 spiro atoms. The number of rotatable bonds is 1. The van der Waals surface area contributed by atoms with Crippen LogP contribution in [0, 0.1) is 6.92 Å². The summed E-state index contributed by atoms with van der Waals surface area (Å²) in [6.45, 7) is 4.50. The zero-order valence-corrected chi connectivity index (χ0v) is 9.23. The Hall–Kier alpha value is -1.38. The van der Waals surface area contributed by atoms with Gasteiger partial charge in [-0.2, -0.15) is 0 Å². The minimum absolute atomic E-state index is 0.165. The van der Waals surface area contributed by atoms with Gasteiger partial charge < -0.3 is 4.90 Å². The van der Waals surface area contributed by atoms with Gasteiger partial charge in [-0.3, -0.25) is 9.78 Å². The van der Waals surface area contributed by atoms with Crippen molar-refractivity contribution in [3.05, 3.63) is 29.6 Å². The third kappa shape index (κ3) is 2.01. The monoisotopic (exact) mass is 204 g/mol. The number of pyridine rings is 1. The molecule has 0 aliphatic carbocycles. The number of hydrogen-bond donors (Lipinski definition) is 0. The van der Waals surface area contributed by atoms with E-state index in [1.54, 1.807) is 6.92 Å².